The summed E-state index contributed by atoms with van der Waals surface area (Å²) < 4.78 is 5.33. The maximum atomic E-state index is 13.7. The van der Waals surface area contributed by atoms with Crippen molar-refractivity contribution in [2.45, 2.75) is 64.9 Å². The first-order valence-electron chi connectivity index (χ1n) is 16.2. The van der Waals surface area contributed by atoms with Crippen molar-refractivity contribution in [1.82, 2.24) is 15.3 Å². The van der Waals surface area contributed by atoms with Crippen LogP contribution >= 0.6 is 0 Å². The lowest BCUT2D eigenvalue weighted by Crippen LogP contribution is -2.37. The zero-order valence-corrected chi connectivity index (χ0v) is 27.4. The third kappa shape index (κ3) is 9.43. The molecule has 1 fully saturated rings. The van der Waals surface area contributed by atoms with Crippen LogP contribution in [-0.2, 0) is 20.7 Å². The summed E-state index contributed by atoms with van der Waals surface area (Å²) in [6.45, 7) is 6.25. The quantitative estimate of drug-likeness (QED) is 0.225. The first-order valence-corrected chi connectivity index (χ1v) is 16.2. The molecule has 2 aliphatic rings. The number of amidine groups is 1. The highest BCUT2D eigenvalue weighted by Crippen LogP contribution is 2.31. The summed E-state index contributed by atoms with van der Waals surface area (Å²) in [7, 11) is 0. The molecule has 2 aromatic carbocycles. The van der Waals surface area contributed by atoms with Gasteiger partial charge in [0.2, 0.25) is 5.91 Å². The molecule has 5 rings (SSSR count). The fraction of sp³-hybridized carbons (Fsp3) is 0.429. The highest BCUT2D eigenvalue weighted by molar-refractivity contribution is 6.01. The van der Waals surface area contributed by atoms with Crippen molar-refractivity contribution in [1.29, 1.82) is 0 Å². The SMILES string of the molecule is CC(C)(C)OC(=O)NCC1CCC(C(=O)C[C@@H](Cc2ccc(-c3c[nH]c(=O)[nH]c3=O)cc2)C(=O)Nc2ccc(C3=NCN=N3)cc2)CC1. The van der Waals surface area contributed by atoms with Crippen molar-refractivity contribution in [2.24, 2.45) is 33.0 Å². The molecule has 0 saturated heterocycles. The van der Waals surface area contributed by atoms with Crippen LogP contribution in [0, 0.1) is 17.8 Å². The van der Waals surface area contributed by atoms with Gasteiger partial charge in [-0.05, 0) is 94.2 Å². The molecule has 2 amide bonds. The van der Waals surface area contributed by atoms with Crippen LogP contribution in [0.1, 0.15) is 64.0 Å². The molecule has 252 valence electrons. The lowest BCUT2D eigenvalue weighted by Gasteiger charge is -2.29. The van der Waals surface area contributed by atoms with E-state index in [1.54, 1.807) is 24.3 Å². The average Bonchev–Trinajstić information content (AvgIpc) is 3.59. The molecule has 1 saturated carbocycles. The fourth-order valence-electron chi connectivity index (χ4n) is 5.95. The van der Waals surface area contributed by atoms with Gasteiger partial charge in [-0.25, -0.2) is 14.6 Å². The molecule has 0 unspecified atom stereocenters. The van der Waals surface area contributed by atoms with Crippen molar-refractivity contribution in [3.63, 3.8) is 0 Å². The van der Waals surface area contributed by atoms with Gasteiger partial charge in [-0.3, -0.25) is 19.4 Å². The van der Waals surface area contributed by atoms with Gasteiger partial charge in [0.1, 0.15) is 11.4 Å². The molecule has 0 bridgehead atoms. The number of hydrogen-bond donors (Lipinski definition) is 4. The van der Waals surface area contributed by atoms with Gasteiger partial charge in [0.15, 0.2) is 12.5 Å². The molecule has 1 aliphatic heterocycles. The molecule has 13 heteroatoms. The third-order valence-corrected chi connectivity index (χ3v) is 8.48. The molecule has 1 atom stereocenters. The molecular formula is C35H41N7O6. The van der Waals surface area contributed by atoms with Gasteiger partial charge in [-0.2, -0.15) is 5.11 Å². The van der Waals surface area contributed by atoms with Crippen LogP contribution in [0.25, 0.3) is 11.1 Å². The number of aliphatic imine (C=N–C) groups is 1. The number of carbonyl (C=O) groups is 3. The maximum Gasteiger partial charge on any atom is 0.407 e. The number of aromatic nitrogens is 2. The molecule has 2 heterocycles. The number of Topliss-reactive ketones (excluding diaryl/α,β-unsaturated/α-hetero) is 1. The van der Waals surface area contributed by atoms with E-state index < -0.39 is 28.9 Å². The minimum atomic E-state index is -0.640. The van der Waals surface area contributed by atoms with E-state index in [1.807, 2.05) is 45.0 Å². The van der Waals surface area contributed by atoms with E-state index in [-0.39, 0.29) is 29.9 Å². The molecular weight excluding hydrogens is 614 g/mol. The van der Waals surface area contributed by atoms with Crippen molar-refractivity contribution in [3.8, 4) is 11.1 Å². The number of nitrogens with one attached hydrogen (secondary N) is 4. The first kappa shape index (κ1) is 34.1. The largest absolute Gasteiger partial charge is 0.444 e. The number of carbonyl (C=O) groups excluding carboxylic acids is 3. The number of ether oxygens (including phenoxy) is 1. The van der Waals surface area contributed by atoms with Gasteiger partial charge in [0.05, 0.1) is 5.56 Å². The van der Waals surface area contributed by atoms with Crippen molar-refractivity contribution >= 4 is 29.3 Å². The van der Waals surface area contributed by atoms with Crippen molar-refractivity contribution < 1.29 is 19.1 Å². The number of amides is 2. The number of benzene rings is 2. The third-order valence-electron chi connectivity index (χ3n) is 8.48. The van der Waals surface area contributed by atoms with Gasteiger partial charge in [0, 0.05) is 42.2 Å². The minimum Gasteiger partial charge on any atom is -0.444 e. The Hall–Kier alpha value is -5.20. The molecule has 4 N–H and O–H groups in total. The molecule has 0 spiro atoms. The van der Waals surface area contributed by atoms with Crippen LogP contribution in [0.5, 0.6) is 0 Å². The summed E-state index contributed by atoms with van der Waals surface area (Å²) >= 11 is 0. The van der Waals surface area contributed by atoms with E-state index >= 15 is 0 Å². The smallest absolute Gasteiger partial charge is 0.407 e. The fourth-order valence-corrected chi connectivity index (χ4v) is 5.95. The Morgan fingerprint density at radius 3 is 2.27 bits per heavy atom. The first-order chi connectivity index (χ1) is 22.9. The Balaban J connectivity index is 1.24. The lowest BCUT2D eigenvalue weighted by molar-refractivity contribution is -0.129. The Morgan fingerprint density at radius 2 is 1.65 bits per heavy atom. The summed E-state index contributed by atoms with van der Waals surface area (Å²) in [5, 5.41) is 13.7. The van der Waals surface area contributed by atoms with Crippen LogP contribution in [-0.4, -0.2) is 52.4 Å². The summed E-state index contributed by atoms with van der Waals surface area (Å²) in [6.07, 6.45) is 4.29. The second-order valence-electron chi connectivity index (χ2n) is 13.3. The number of azo groups is 1. The van der Waals surface area contributed by atoms with Crippen molar-refractivity contribution in [2.75, 3.05) is 18.5 Å². The van der Waals surface area contributed by atoms with E-state index in [4.69, 9.17) is 4.74 Å². The number of alkyl carbamates (subject to hydrolysis) is 1. The topological polar surface area (TPSA) is 187 Å². The molecule has 1 aliphatic carbocycles. The van der Waals surface area contributed by atoms with Gasteiger partial charge >= 0.3 is 11.8 Å². The Kier molecular flexibility index (Phi) is 10.8. The Labute approximate surface area is 277 Å². The number of nitrogens with zero attached hydrogens (tertiary/aromatic N) is 3. The Bertz CT molecular complexity index is 1790. The number of hydrogen-bond acceptors (Lipinski definition) is 9. The second kappa shape index (κ2) is 15.1. The van der Waals surface area contributed by atoms with Crippen molar-refractivity contribution in [3.05, 3.63) is 86.7 Å². The molecule has 48 heavy (non-hydrogen) atoms. The lowest BCUT2D eigenvalue weighted by atomic mass is 9.77. The summed E-state index contributed by atoms with van der Waals surface area (Å²) in [5.41, 5.74) is 1.47. The van der Waals surface area contributed by atoms with Gasteiger partial charge in [-0.1, -0.05) is 24.3 Å². The Morgan fingerprint density at radius 1 is 0.958 bits per heavy atom. The zero-order valence-electron chi connectivity index (χ0n) is 27.4. The van der Waals surface area contributed by atoms with E-state index in [9.17, 15) is 24.0 Å². The summed E-state index contributed by atoms with van der Waals surface area (Å²) in [4.78, 5) is 72.0. The monoisotopic (exact) mass is 655 g/mol. The summed E-state index contributed by atoms with van der Waals surface area (Å²) in [6, 6.07) is 14.3. The molecule has 3 aromatic rings. The molecule has 0 radical (unpaired) electrons. The number of rotatable bonds is 11. The average molecular weight is 656 g/mol. The number of anilines is 1. The van der Waals surface area contributed by atoms with Gasteiger partial charge < -0.3 is 20.4 Å². The number of ketones is 1. The molecule has 13 nitrogen and oxygen atoms in total. The highest BCUT2D eigenvalue weighted by atomic mass is 16.6. The number of H-pyrrole nitrogens is 2. The predicted molar refractivity (Wildman–Crippen MR) is 181 cm³/mol. The standard InChI is InChI=1S/C35H41N7O6/c1-35(2,3)48-34(47)37-18-22-6-10-24(11-7-22)29(43)17-26(31(44)40-27-14-12-25(13-15-27)30-38-20-39-42-30)16-21-4-8-23(9-5-21)28-19-36-33(46)41-32(28)45/h4-5,8-9,12-15,19,22,24,26H,6-7,10-11,16-18,20H2,1-3H3,(H,37,47)(H,40,44)(H2,36,41,45,46)/t22?,24?,26-/m1/s1. The van der Waals surface area contributed by atoms with Crippen LogP contribution in [0.2, 0.25) is 0 Å². The van der Waals surface area contributed by atoms with E-state index in [2.05, 4.69) is 35.8 Å². The van der Waals surface area contributed by atoms with Gasteiger partial charge in [0.25, 0.3) is 5.56 Å². The predicted octanol–water partition coefficient (Wildman–Crippen LogP) is 4.99. The van der Waals surface area contributed by atoms with E-state index in [0.29, 0.717) is 55.1 Å². The maximum absolute atomic E-state index is 13.7. The van der Waals surface area contributed by atoms with E-state index in [1.165, 1.54) is 6.20 Å². The zero-order chi connectivity index (χ0) is 34.3. The second-order valence-corrected chi connectivity index (χ2v) is 13.3. The normalized spacial score (nSPS) is 18.1. The van der Waals surface area contributed by atoms with E-state index in [0.717, 1.165) is 24.0 Å². The minimum absolute atomic E-state index is 0.0463. The van der Waals surface area contributed by atoms with Crippen LogP contribution < -0.4 is 21.9 Å². The van der Waals surface area contributed by atoms with Crippen LogP contribution in [0.3, 0.4) is 0 Å². The van der Waals surface area contributed by atoms with Gasteiger partial charge in [-0.15, -0.1) is 5.11 Å². The number of aromatic amines is 2. The van der Waals surface area contributed by atoms with Crippen LogP contribution in [0.4, 0.5) is 10.5 Å². The van der Waals surface area contributed by atoms with Crippen LogP contribution in [0.15, 0.2) is 79.5 Å². The highest BCUT2D eigenvalue weighted by Gasteiger charge is 2.31. The summed E-state index contributed by atoms with van der Waals surface area (Å²) in [5.74, 6) is -0.227. The molecule has 1 aromatic heterocycles.